The number of methoxy groups -OCH3 is 2. The Morgan fingerprint density at radius 1 is 1.04 bits per heavy atom. The summed E-state index contributed by atoms with van der Waals surface area (Å²) >= 11 is 0. The molecule has 11 heteroatoms. The van der Waals surface area contributed by atoms with E-state index in [9.17, 15) is 17.2 Å². The highest BCUT2D eigenvalue weighted by Gasteiger charge is 2.17. The molecule has 0 spiro atoms. The minimum Gasteiger partial charge on any atom is -0.467 e. The fourth-order valence-electron chi connectivity index (χ4n) is 1.53. The zero-order chi connectivity index (χ0) is 17.0. The van der Waals surface area contributed by atoms with E-state index in [-0.39, 0.29) is 24.4 Å². The summed E-state index contributed by atoms with van der Waals surface area (Å²) in [5.74, 6) is -2.38. The SMILES string of the molecule is COc1nc(CNS(=O)(=O)c2ccc(F)c(F)c2)nc(OC)n1. The van der Waals surface area contributed by atoms with Gasteiger partial charge in [-0.05, 0) is 18.2 Å². The van der Waals surface area contributed by atoms with Gasteiger partial charge in [-0.1, -0.05) is 0 Å². The second-order valence-corrected chi connectivity index (χ2v) is 5.89. The van der Waals surface area contributed by atoms with E-state index in [4.69, 9.17) is 9.47 Å². The number of halogens is 2. The van der Waals surface area contributed by atoms with E-state index < -0.39 is 26.6 Å². The first-order valence-corrected chi connectivity index (χ1v) is 7.61. The molecule has 0 fully saturated rings. The number of nitrogens with zero attached hydrogens (tertiary/aromatic N) is 3. The Hall–Kier alpha value is -2.40. The second kappa shape index (κ2) is 6.79. The highest BCUT2D eigenvalue weighted by atomic mass is 32.2. The van der Waals surface area contributed by atoms with E-state index >= 15 is 0 Å². The maximum absolute atomic E-state index is 13.1. The molecule has 0 radical (unpaired) electrons. The lowest BCUT2D eigenvalue weighted by Crippen LogP contribution is -2.25. The molecule has 1 heterocycles. The molecule has 1 aromatic carbocycles. The van der Waals surface area contributed by atoms with Crippen LogP contribution in [0.15, 0.2) is 23.1 Å². The van der Waals surface area contributed by atoms with Crippen LogP contribution in [0.2, 0.25) is 0 Å². The average molecular weight is 346 g/mol. The van der Waals surface area contributed by atoms with Gasteiger partial charge in [-0.2, -0.15) is 9.97 Å². The molecule has 0 bridgehead atoms. The van der Waals surface area contributed by atoms with Crippen molar-refractivity contribution >= 4 is 10.0 Å². The van der Waals surface area contributed by atoms with Crippen LogP contribution in [0.1, 0.15) is 5.82 Å². The number of nitrogens with one attached hydrogen (secondary N) is 1. The highest BCUT2D eigenvalue weighted by molar-refractivity contribution is 7.89. The summed E-state index contributed by atoms with van der Waals surface area (Å²) in [6.45, 7) is -0.323. The van der Waals surface area contributed by atoms with Crippen molar-refractivity contribution in [1.29, 1.82) is 0 Å². The molecule has 0 unspecified atom stereocenters. The van der Waals surface area contributed by atoms with Crippen molar-refractivity contribution in [3.05, 3.63) is 35.7 Å². The minimum absolute atomic E-state index is 0.0276. The molecule has 0 aliphatic carbocycles. The Morgan fingerprint density at radius 3 is 2.17 bits per heavy atom. The first-order valence-electron chi connectivity index (χ1n) is 6.13. The molecule has 2 rings (SSSR count). The van der Waals surface area contributed by atoms with E-state index in [0.717, 1.165) is 12.1 Å². The first-order chi connectivity index (χ1) is 10.9. The number of hydrogen-bond donors (Lipinski definition) is 1. The van der Waals surface area contributed by atoms with Gasteiger partial charge in [0.1, 0.15) is 0 Å². The van der Waals surface area contributed by atoms with Crippen LogP contribution in [0.4, 0.5) is 8.78 Å². The number of aromatic nitrogens is 3. The minimum atomic E-state index is -4.08. The van der Waals surface area contributed by atoms with Crippen LogP contribution in [0.3, 0.4) is 0 Å². The molecule has 8 nitrogen and oxygen atoms in total. The lowest BCUT2D eigenvalue weighted by atomic mass is 10.3. The zero-order valence-electron chi connectivity index (χ0n) is 12.1. The third-order valence-electron chi connectivity index (χ3n) is 2.63. The molecule has 23 heavy (non-hydrogen) atoms. The van der Waals surface area contributed by atoms with E-state index in [2.05, 4.69) is 19.7 Å². The van der Waals surface area contributed by atoms with Gasteiger partial charge in [0.25, 0.3) is 0 Å². The van der Waals surface area contributed by atoms with Gasteiger partial charge in [-0.25, -0.2) is 21.9 Å². The summed E-state index contributed by atoms with van der Waals surface area (Å²) in [6, 6.07) is 2.12. The van der Waals surface area contributed by atoms with Gasteiger partial charge in [-0.3, -0.25) is 0 Å². The summed E-state index contributed by atoms with van der Waals surface area (Å²) in [7, 11) is -1.43. The average Bonchev–Trinajstić information content (AvgIpc) is 2.55. The molecule has 1 N–H and O–H groups in total. The molecule has 2 aromatic rings. The Bertz CT molecular complexity index is 794. The standard InChI is InChI=1S/C12H12F2N4O4S/c1-21-11-16-10(17-12(18-11)22-2)6-15-23(19,20)7-3-4-8(13)9(14)5-7/h3-5,15H,6H2,1-2H3. The summed E-state index contributed by atoms with van der Waals surface area (Å²) in [5, 5.41) is 0. The maximum atomic E-state index is 13.1. The fourth-order valence-corrected chi connectivity index (χ4v) is 2.52. The predicted octanol–water partition coefficient (Wildman–Crippen LogP) is 0.645. The Kier molecular flexibility index (Phi) is 5.01. The van der Waals surface area contributed by atoms with Crippen LogP contribution in [0.5, 0.6) is 12.0 Å². The molecule has 1 aromatic heterocycles. The van der Waals surface area contributed by atoms with Gasteiger partial charge in [0, 0.05) is 0 Å². The molecular formula is C12H12F2N4O4S. The van der Waals surface area contributed by atoms with Crippen molar-refractivity contribution in [2.24, 2.45) is 0 Å². The van der Waals surface area contributed by atoms with Gasteiger partial charge in [-0.15, -0.1) is 4.98 Å². The summed E-state index contributed by atoms with van der Waals surface area (Å²) in [5.41, 5.74) is 0. The fraction of sp³-hybridized carbons (Fsp3) is 0.250. The lowest BCUT2D eigenvalue weighted by Gasteiger charge is -2.08. The molecule has 0 aliphatic rings. The number of hydrogen-bond acceptors (Lipinski definition) is 7. The van der Waals surface area contributed by atoms with Crippen LogP contribution in [-0.4, -0.2) is 37.6 Å². The van der Waals surface area contributed by atoms with Crippen LogP contribution < -0.4 is 14.2 Å². The molecule has 0 saturated heterocycles. The second-order valence-electron chi connectivity index (χ2n) is 4.13. The zero-order valence-corrected chi connectivity index (χ0v) is 12.9. The van der Waals surface area contributed by atoms with Gasteiger partial charge in [0.15, 0.2) is 17.5 Å². The van der Waals surface area contributed by atoms with Gasteiger partial charge < -0.3 is 9.47 Å². The first kappa shape index (κ1) is 17.0. The summed E-state index contributed by atoms with van der Waals surface area (Å²) in [4.78, 5) is 11.0. The Morgan fingerprint density at radius 2 is 1.65 bits per heavy atom. The molecular weight excluding hydrogens is 334 g/mol. The number of sulfonamides is 1. The van der Waals surface area contributed by atoms with Crippen LogP contribution in [0, 0.1) is 11.6 Å². The van der Waals surface area contributed by atoms with E-state index in [0.29, 0.717) is 6.07 Å². The number of benzene rings is 1. The molecule has 0 atom stereocenters. The predicted molar refractivity (Wildman–Crippen MR) is 73.3 cm³/mol. The van der Waals surface area contributed by atoms with Gasteiger partial charge in [0.2, 0.25) is 10.0 Å². The molecule has 0 aliphatic heterocycles. The van der Waals surface area contributed by atoms with Crippen molar-refractivity contribution < 1.29 is 26.7 Å². The number of rotatable bonds is 6. The van der Waals surface area contributed by atoms with Crippen LogP contribution in [-0.2, 0) is 16.6 Å². The van der Waals surface area contributed by atoms with Crippen molar-refractivity contribution in [3.8, 4) is 12.0 Å². The van der Waals surface area contributed by atoms with Crippen molar-refractivity contribution in [3.63, 3.8) is 0 Å². The maximum Gasteiger partial charge on any atom is 0.322 e. The van der Waals surface area contributed by atoms with Gasteiger partial charge >= 0.3 is 12.0 Å². The monoisotopic (exact) mass is 346 g/mol. The van der Waals surface area contributed by atoms with Crippen molar-refractivity contribution in [2.45, 2.75) is 11.4 Å². The third-order valence-corrected chi connectivity index (χ3v) is 4.03. The summed E-state index contributed by atoms with van der Waals surface area (Å²) in [6.07, 6.45) is 0. The smallest absolute Gasteiger partial charge is 0.322 e. The number of ether oxygens (including phenoxy) is 2. The van der Waals surface area contributed by atoms with E-state index in [1.54, 1.807) is 0 Å². The quantitative estimate of drug-likeness (QED) is 0.819. The topological polar surface area (TPSA) is 103 Å². The van der Waals surface area contributed by atoms with Gasteiger partial charge in [0.05, 0.1) is 25.7 Å². The van der Waals surface area contributed by atoms with Crippen LogP contribution in [0.25, 0.3) is 0 Å². The normalized spacial score (nSPS) is 11.3. The molecule has 0 saturated carbocycles. The largest absolute Gasteiger partial charge is 0.467 e. The van der Waals surface area contributed by atoms with Crippen molar-refractivity contribution in [1.82, 2.24) is 19.7 Å². The van der Waals surface area contributed by atoms with Crippen molar-refractivity contribution in [2.75, 3.05) is 14.2 Å². The highest BCUT2D eigenvalue weighted by Crippen LogP contribution is 2.14. The summed E-state index contributed by atoms with van der Waals surface area (Å²) < 4.78 is 61.9. The van der Waals surface area contributed by atoms with Crippen LogP contribution >= 0.6 is 0 Å². The Labute approximate surface area is 130 Å². The van der Waals surface area contributed by atoms with E-state index in [1.165, 1.54) is 14.2 Å². The Balaban J connectivity index is 2.20. The third kappa shape index (κ3) is 4.07. The molecule has 0 amide bonds. The van der Waals surface area contributed by atoms with E-state index in [1.807, 2.05) is 0 Å². The lowest BCUT2D eigenvalue weighted by molar-refractivity contribution is 0.336. The molecule has 124 valence electrons.